The first-order chi connectivity index (χ1) is 10.1. The highest BCUT2D eigenvalue weighted by Gasteiger charge is 2.45. The van der Waals surface area contributed by atoms with Crippen molar-refractivity contribution in [1.82, 2.24) is 0 Å². The molecule has 2 atom stereocenters. The van der Waals surface area contributed by atoms with Gasteiger partial charge in [-0.05, 0) is 29.7 Å². The SMILES string of the molecule is O=[N+]([O-])c1ccc(C2=[N+]([O-])[C@@H]3CCCC[C@@H]3[N+](O)=C2)cc1. The third-order valence-electron chi connectivity index (χ3n) is 4.20. The molecule has 1 saturated carbocycles. The lowest BCUT2D eigenvalue weighted by atomic mass is 9.89. The smallest absolute Gasteiger partial charge is 0.288 e. The number of benzene rings is 1. The molecule has 7 heteroatoms. The van der Waals surface area contributed by atoms with Gasteiger partial charge in [-0.3, -0.25) is 15.3 Å². The lowest BCUT2D eigenvalue weighted by molar-refractivity contribution is -0.819. The Morgan fingerprint density at radius 3 is 2.38 bits per heavy atom. The van der Waals surface area contributed by atoms with E-state index in [0.717, 1.165) is 35.2 Å². The Balaban J connectivity index is 1.98. The van der Waals surface area contributed by atoms with Gasteiger partial charge < -0.3 is 5.21 Å². The number of non-ortho nitro benzene ring substituents is 1. The highest BCUT2D eigenvalue weighted by molar-refractivity contribution is 6.34. The summed E-state index contributed by atoms with van der Waals surface area (Å²) in [6.45, 7) is 0. The van der Waals surface area contributed by atoms with Crippen molar-refractivity contribution in [1.29, 1.82) is 0 Å². The molecule has 21 heavy (non-hydrogen) atoms. The van der Waals surface area contributed by atoms with E-state index in [0.29, 0.717) is 11.3 Å². The minimum absolute atomic E-state index is 0.0241. The van der Waals surface area contributed by atoms with Gasteiger partial charge in [0.2, 0.25) is 6.04 Å². The fraction of sp³-hybridized carbons (Fsp3) is 0.429. The topological polar surface area (TPSA) is 92.5 Å². The molecule has 1 aliphatic carbocycles. The van der Waals surface area contributed by atoms with Crippen molar-refractivity contribution in [3.8, 4) is 0 Å². The number of nitro benzene ring substituents is 1. The fourth-order valence-electron chi connectivity index (χ4n) is 3.09. The molecule has 0 aromatic heterocycles. The zero-order valence-electron chi connectivity index (χ0n) is 11.4. The average Bonchev–Trinajstić information content (AvgIpc) is 2.51. The van der Waals surface area contributed by atoms with E-state index in [1.807, 2.05) is 0 Å². The van der Waals surface area contributed by atoms with E-state index in [9.17, 15) is 20.5 Å². The second-order valence-electron chi connectivity index (χ2n) is 5.44. The van der Waals surface area contributed by atoms with E-state index in [4.69, 9.17) is 0 Å². The zero-order chi connectivity index (χ0) is 15.0. The zero-order valence-corrected chi connectivity index (χ0v) is 11.4. The van der Waals surface area contributed by atoms with Crippen LogP contribution in [0.25, 0.3) is 0 Å². The fourth-order valence-corrected chi connectivity index (χ4v) is 3.09. The summed E-state index contributed by atoms with van der Waals surface area (Å²) in [6.07, 6.45) is 4.94. The maximum atomic E-state index is 12.5. The van der Waals surface area contributed by atoms with E-state index in [-0.39, 0.29) is 17.8 Å². The van der Waals surface area contributed by atoms with Crippen molar-refractivity contribution < 1.29 is 19.6 Å². The predicted molar refractivity (Wildman–Crippen MR) is 75.0 cm³/mol. The Morgan fingerprint density at radius 1 is 1.14 bits per heavy atom. The van der Waals surface area contributed by atoms with Gasteiger partial charge in [-0.25, -0.2) is 0 Å². The normalized spacial score (nSPS) is 25.2. The third kappa shape index (κ3) is 2.35. The van der Waals surface area contributed by atoms with Crippen molar-refractivity contribution >= 4 is 17.6 Å². The summed E-state index contributed by atoms with van der Waals surface area (Å²) >= 11 is 0. The maximum absolute atomic E-state index is 12.5. The number of fused-ring (bicyclic) bond motifs is 1. The van der Waals surface area contributed by atoms with E-state index < -0.39 is 4.92 Å². The molecular formula is C14H16N3O4+. The van der Waals surface area contributed by atoms with Crippen LogP contribution in [-0.4, -0.2) is 43.6 Å². The summed E-state index contributed by atoms with van der Waals surface area (Å²) in [4.78, 5) is 10.2. The van der Waals surface area contributed by atoms with Crippen LogP contribution in [0, 0.1) is 15.3 Å². The van der Waals surface area contributed by atoms with E-state index >= 15 is 0 Å². The van der Waals surface area contributed by atoms with Crippen molar-refractivity contribution in [3.63, 3.8) is 0 Å². The number of rotatable bonds is 2. The number of hydroxylamine groups is 2. The van der Waals surface area contributed by atoms with Crippen molar-refractivity contribution in [2.45, 2.75) is 37.8 Å². The van der Waals surface area contributed by atoms with Crippen LogP contribution < -0.4 is 0 Å². The molecule has 3 rings (SSSR count). The van der Waals surface area contributed by atoms with Crippen LogP contribution in [0.3, 0.4) is 0 Å². The Hall–Kier alpha value is -2.44. The molecule has 0 spiro atoms. The largest absolute Gasteiger partial charge is 0.623 e. The van der Waals surface area contributed by atoms with Crippen molar-refractivity contribution in [3.05, 3.63) is 45.2 Å². The van der Waals surface area contributed by atoms with Gasteiger partial charge >= 0.3 is 0 Å². The molecular weight excluding hydrogens is 274 g/mol. The van der Waals surface area contributed by atoms with Crippen LogP contribution in [0.1, 0.15) is 31.2 Å². The predicted octanol–water partition coefficient (Wildman–Crippen LogP) is 1.69. The lowest BCUT2D eigenvalue weighted by Crippen LogP contribution is -2.51. The van der Waals surface area contributed by atoms with Crippen LogP contribution in [-0.2, 0) is 0 Å². The molecule has 2 aliphatic rings. The monoisotopic (exact) mass is 290 g/mol. The van der Waals surface area contributed by atoms with Gasteiger partial charge in [0.25, 0.3) is 23.7 Å². The second kappa shape index (κ2) is 5.16. The first-order valence-corrected chi connectivity index (χ1v) is 6.98. The number of hydrogen-bond acceptors (Lipinski definition) is 4. The summed E-state index contributed by atoms with van der Waals surface area (Å²) in [5, 5.41) is 33.2. The maximum Gasteiger partial charge on any atom is 0.288 e. The van der Waals surface area contributed by atoms with Gasteiger partial charge in [-0.15, -0.1) is 0 Å². The quantitative estimate of drug-likeness (QED) is 0.295. The van der Waals surface area contributed by atoms with Crippen molar-refractivity contribution in [2.75, 3.05) is 0 Å². The highest BCUT2D eigenvalue weighted by Crippen LogP contribution is 2.25. The molecule has 0 radical (unpaired) electrons. The van der Waals surface area contributed by atoms with Gasteiger partial charge in [0.1, 0.15) is 0 Å². The second-order valence-corrected chi connectivity index (χ2v) is 5.44. The van der Waals surface area contributed by atoms with Gasteiger partial charge in [0.15, 0.2) is 0 Å². The molecule has 0 amide bonds. The van der Waals surface area contributed by atoms with Crippen LogP contribution in [0.5, 0.6) is 0 Å². The summed E-state index contributed by atoms with van der Waals surface area (Å²) in [7, 11) is 0. The minimum Gasteiger partial charge on any atom is -0.623 e. The molecule has 7 nitrogen and oxygen atoms in total. The summed E-state index contributed by atoms with van der Waals surface area (Å²) in [5.41, 5.74) is 0.887. The van der Waals surface area contributed by atoms with Gasteiger partial charge in [0.05, 0.1) is 10.5 Å². The number of nitrogens with zero attached hydrogens (tertiary/aromatic N) is 3. The minimum atomic E-state index is -0.483. The molecule has 1 aliphatic heterocycles. The standard InChI is InChI=1S/C14H16N3O4/c18-15-9-14(10-5-7-11(8-6-10)17(20)21)16(19)13-4-2-1-3-12(13)15/h5-9,12-13,18H,1-4H2/q+1/t12-,13+/m0/s1. The van der Waals surface area contributed by atoms with Gasteiger partial charge in [-0.1, -0.05) is 0 Å². The molecule has 1 N–H and O–H groups in total. The molecule has 0 saturated heterocycles. The summed E-state index contributed by atoms with van der Waals surface area (Å²) in [5.74, 6) is 0. The molecule has 0 unspecified atom stereocenters. The highest BCUT2D eigenvalue weighted by atomic mass is 16.6. The van der Waals surface area contributed by atoms with E-state index in [1.54, 1.807) is 0 Å². The molecule has 1 fully saturated rings. The summed E-state index contributed by atoms with van der Waals surface area (Å²) < 4.78 is 2.06. The van der Waals surface area contributed by atoms with E-state index in [1.165, 1.54) is 30.5 Å². The van der Waals surface area contributed by atoms with Gasteiger partial charge in [-0.2, -0.15) is 4.74 Å². The molecule has 1 heterocycles. The Kier molecular flexibility index (Phi) is 3.32. The lowest BCUT2D eigenvalue weighted by Gasteiger charge is -2.27. The first-order valence-electron chi connectivity index (χ1n) is 6.98. The number of hydrogen-bond donors (Lipinski definition) is 1. The summed E-state index contributed by atoms with van der Waals surface area (Å²) in [6, 6.07) is 5.35. The van der Waals surface area contributed by atoms with E-state index in [2.05, 4.69) is 0 Å². The van der Waals surface area contributed by atoms with Crippen LogP contribution in [0.15, 0.2) is 24.3 Å². The van der Waals surface area contributed by atoms with Crippen LogP contribution in [0.2, 0.25) is 0 Å². The third-order valence-corrected chi connectivity index (χ3v) is 4.20. The molecule has 0 bridgehead atoms. The molecule has 110 valence electrons. The molecule has 1 aromatic rings. The van der Waals surface area contributed by atoms with Crippen LogP contribution in [0.4, 0.5) is 5.69 Å². The average molecular weight is 290 g/mol. The van der Waals surface area contributed by atoms with Gasteiger partial charge in [0, 0.05) is 25.0 Å². The van der Waals surface area contributed by atoms with Crippen LogP contribution >= 0.6 is 0 Å². The Labute approximate surface area is 121 Å². The Bertz CT molecular complexity index is 636. The molecule has 1 aromatic carbocycles. The van der Waals surface area contributed by atoms with Crippen molar-refractivity contribution in [2.24, 2.45) is 0 Å². The first kappa shape index (κ1) is 13.5. The Morgan fingerprint density at radius 2 is 1.76 bits per heavy atom. The number of nitro groups is 1.